The number of aromatic amines is 1. The van der Waals surface area contributed by atoms with Gasteiger partial charge in [0.15, 0.2) is 0 Å². The van der Waals surface area contributed by atoms with Gasteiger partial charge in [0.2, 0.25) is 11.8 Å². The summed E-state index contributed by atoms with van der Waals surface area (Å²) >= 11 is 0. The molecule has 2 heterocycles. The van der Waals surface area contributed by atoms with Gasteiger partial charge in [-0.05, 0) is 55.6 Å². The van der Waals surface area contributed by atoms with Gasteiger partial charge in [-0.1, -0.05) is 56.2 Å². The molecule has 0 radical (unpaired) electrons. The number of carbonyl (C=O) groups excluding carboxylic acids is 2. The fourth-order valence-electron chi connectivity index (χ4n) is 5.08. The van der Waals surface area contributed by atoms with Gasteiger partial charge in [-0.2, -0.15) is 0 Å². The molecule has 0 saturated carbocycles. The summed E-state index contributed by atoms with van der Waals surface area (Å²) in [6, 6.07) is 14.5. The smallest absolute Gasteiger partial charge is 0.224 e. The number of imidazole rings is 1. The molecule has 2 amide bonds. The number of hydrogen-bond acceptors (Lipinski definition) is 4. The van der Waals surface area contributed by atoms with Gasteiger partial charge in [-0.15, -0.1) is 0 Å². The molecule has 1 fully saturated rings. The number of nitrogens with zero attached hydrogens (tertiary/aromatic N) is 2. The van der Waals surface area contributed by atoms with Crippen molar-refractivity contribution in [3.63, 3.8) is 0 Å². The Labute approximate surface area is 214 Å². The predicted molar refractivity (Wildman–Crippen MR) is 144 cm³/mol. The molecule has 36 heavy (non-hydrogen) atoms. The number of carbonyl (C=O) groups is 2. The highest BCUT2D eigenvalue weighted by molar-refractivity contribution is 5.86. The molecule has 0 bridgehead atoms. The lowest BCUT2D eigenvalue weighted by molar-refractivity contribution is -0.127. The van der Waals surface area contributed by atoms with E-state index in [1.807, 2.05) is 18.3 Å². The van der Waals surface area contributed by atoms with Crippen molar-refractivity contribution in [2.24, 2.45) is 5.92 Å². The molecular formula is C29H39N5O2. The number of rotatable bonds is 11. The second-order valence-electron chi connectivity index (χ2n) is 9.81. The number of fused-ring (bicyclic) bond motifs is 1. The van der Waals surface area contributed by atoms with Crippen LogP contribution < -0.4 is 10.6 Å². The zero-order valence-electron chi connectivity index (χ0n) is 21.6. The third-order valence-electron chi connectivity index (χ3n) is 7.30. The minimum absolute atomic E-state index is 0.0179. The van der Waals surface area contributed by atoms with Crippen molar-refractivity contribution in [1.82, 2.24) is 25.5 Å². The van der Waals surface area contributed by atoms with Crippen molar-refractivity contribution in [3.05, 3.63) is 54.5 Å². The van der Waals surface area contributed by atoms with Crippen LogP contribution in [0.3, 0.4) is 0 Å². The largest absolute Gasteiger partial charge is 0.359 e. The average Bonchev–Trinajstić information content (AvgIpc) is 3.42. The Kier molecular flexibility index (Phi) is 9.11. The minimum atomic E-state index is -0.177. The van der Waals surface area contributed by atoms with Crippen LogP contribution in [0, 0.1) is 5.92 Å². The van der Waals surface area contributed by atoms with Crippen molar-refractivity contribution in [1.29, 1.82) is 0 Å². The number of aromatic nitrogens is 2. The van der Waals surface area contributed by atoms with Gasteiger partial charge in [0.05, 0.1) is 23.9 Å². The monoisotopic (exact) mass is 489 g/mol. The van der Waals surface area contributed by atoms with Crippen LogP contribution in [0.5, 0.6) is 0 Å². The number of hydrogen-bond donors (Lipinski definition) is 3. The van der Waals surface area contributed by atoms with Gasteiger partial charge in [-0.25, -0.2) is 4.98 Å². The summed E-state index contributed by atoms with van der Waals surface area (Å²) < 4.78 is 0. The number of benzene rings is 2. The molecule has 2 aromatic carbocycles. The van der Waals surface area contributed by atoms with Crippen LogP contribution >= 0.6 is 0 Å². The van der Waals surface area contributed by atoms with Crippen LogP contribution in [0.1, 0.15) is 63.7 Å². The van der Waals surface area contributed by atoms with E-state index in [-0.39, 0.29) is 23.8 Å². The van der Waals surface area contributed by atoms with E-state index in [9.17, 15) is 9.59 Å². The van der Waals surface area contributed by atoms with Crippen molar-refractivity contribution in [2.45, 2.75) is 57.9 Å². The molecule has 1 saturated heterocycles. The van der Waals surface area contributed by atoms with E-state index in [4.69, 9.17) is 4.98 Å². The summed E-state index contributed by atoms with van der Waals surface area (Å²) in [5, 5.41) is 8.38. The quantitative estimate of drug-likeness (QED) is 0.337. The molecule has 7 heteroatoms. The summed E-state index contributed by atoms with van der Waals surface area (Å²) in [4.78, 5) is 35.3. The van der Waals surface area contributed by atoms with E-state index in [1.54, 1.807) is 7.05 Å². The first-order valence-corrected chi connectivity index (χ1v) is 13.3. The van der Waals surface area contributed by atoms with Crippen molar-refractivity contribution in [2.75, 3.05) is 26.7 Å². The molecule has 1 aromatic heterocycles. The third kappa shape index (κ3) is 6.72. The minimum Gasteiger partial charge on any atom is -0.359 e. The lowest BCUT2D eigenvalue weighted by atomic mass is 9.96. The average molecular weight is 490 g/mol. The summed E-state index contributed by atoms with van der Waals surface area (Å²) in [6.07, 6.45) is 7.87. The Hall–Kier alpha value is -3.19. The number of amides is 2. The van der Waals surface area contributed by atoms with Crippen LogP contribution in [0.25, 0.3) is 22.0 Å². The lowest BCUT2D eigenvalue weighted by Gasteiger charge is -2.31. The molecule has 7 nitrogen and oxygen atoms in total. The van der Waals surface area contributed by atoms with Crippen LogP contribution in [0.2, 0.25) is 0 Å². The molecule has 192 valence electrons. The van der Waals surface area contributed by atoms with Gasteiger partial charge in [-0.3, -0.25) is 9.59 Å². The fraction of sp³-hybridized carbons (Fsp3) is 0.483. The van der Waals surface area contributed by atoms with E-state index >= 15 is 0 Å². The number of H-pyrrole nitrogens is 1. The summed E-state index contributed by atoms with van der Waals surface area (Å²) in [5.74, 6) is 1.00. The number of unbranched alkanes of at least 4 members (excludes halogenated alkanes) is 2. The molecule has 0 aliphatic carbocycles. The van der Waals surface area contributed by atoms with Crippen molar-refractivity contribution in [3.8, 4) is 11.3 Å². The first kappa shape index (κ1) is 25.9. The first-order chi connectivity index (χ1) is 17.6. The zero-order valence-corrected chi connectivity index (χ0v) is 21.6. The molecule has 3 N–H and O–H groups in total. The second kappa shape index (κ2) is 12.7. The van der Waals surface area contributed by atoms with Gasteiger partial charge in [0, 0.05) is 25.6 Å². The van der Waals surface area contributed by atoms with E-state index in [0.717, 1.165) is 75.2 Å². The van der Waals surface area contributed by atoms with Crippen molar-refractivity contribution < 1.29 is 9.59 Å². The normalized spacial score (nSPS) is 17.1. The molecule has 1 aliphatic rings. The predicted octanol–water partition coefficient (Wildman–Crippen LogP) is 4.82. The molecule has 3 aromatic rings. The molecule has 1 unspecified atom stereocenters. The molecule has 1 aliphatic heterocycles. The SMILES string of the molecule is CCN1CCCC(C(=O)N[C@@H](CCCCCC(=O)NC)c2ncc(-c3ccc4ccccc4c3)[nH]2)C1. The standard InChI is InChI=1S/C29H39N5O2/c1-3-34-17-9-12-24(20-34)29(36)33-25(13-5-4-6-14-27(35)30-2)28-31-19-26(32-28)23-16-15-21-10-7-8-11-22(21)18-23/h7-8,10-11,15-16,18-19,24-25H,3-6,9,12-14,17,20H2,1-2H3,(H,30,35)(H,31,32)(H,33,36)/t24?,25-/m0/s1. The Morgan fingerprint density at radius 3 is 2.78 bits per heavy atom. The summed E-state index contributed by atoms with van der Waals surface area (Å²) in [7, 11) is 1.67. The van der Waals surface area contributed by atoms with Crippen LogP contribution in [-0.4, -0.2) is 53.4 Å². The molecule has 4 rings (SSSR count). The lowest BCUT2D eigenvalue weighted by Crippen LogP contribution is -2.44. The topological polar surface area (TPSA) is 90.1 Å². The van der Waals surface area contributed by atoms with Gasteiger partial charge < -0.3 is 20.5 Å². The highest BCUT2D eigenvalue weighted by atomic mass is 16.2. The van der Waals surface area contributed by atoms with Crippen molar-refractivity contribution >= 4 is 22.6 Å². The molecule has 2 atom stereocenters. The van der Waals surface area contributed by atoms with Gasteiger partial charge in [0.25, 0.3) is 0 Å². The maximum Gasteiger partial charge on any atom is 0.224 e. The van der Waals surface area contributed by atoms with Gasteiger partial charge >= 0.3 is 0 Å². The third-order valence-corrected chi connectivity index (χ3v) is 7.30. The highest BCUT2D eigenvalue weighted by Gasteiger charge is 2.27. The van der Waals surface area contributed by atoms with Crippen LogP contribution in [0.4, 0.5) is 0 Å². The Bertz CT molecular complexity index is 1160. The summed E-state index contributed by atoms with van der Waals surface area (Å²) in [5.41, 5.74) is 2.03. The number of nitrogens with one attached hydrogen (secondary N) is 3. The first-order valence-electron chi connectivity index (χ1n) is 13.3. The fourth-order valence-corrected chi connectivity index (χ4v) is 5.08. The highest BCUT2D eigenvalue weighted by Crippen LogP contribution is 2.26. The second-order valence-corrected chi connectivity index (χ2v) is 9.81. The van der Waals surface area contributed by atoms with E-state index in [2.05, 4.69) is 57.8 Å². The maximum atomic E-state index is 13.3. The van der Waals surface area contributed by atoms with E-state index in [1.165, 1.54) is 10.8 Å². The maximum absolute atomic E-state index is 13.3. The van der Waals surface area contributed by atoms with Crippen LogP contribution in [-0.2, 0) is 9.59 Å². The van der Waals surface area contributed by atoms with Gasteiger partial charge in [0.1, 0.15) is 5.82 Å². The molecular weight excluding hydrogens is 450 g/mol. The zero-order chi connectivity index (χ0) is 25.3. The molecule has 0 spiro atoms. The van der Waals surface area contributed by atoms with E-state index < -0.39 is 0 Å². The number of likely N-dealkylation sites (tertiary alicyclic amines) is 1. The summed E-state index contributed by atoms with van der Waals surface area (Å²) in [6.45, 7) is 5.02. The Morgan fingerprint density at radius 2 is 1.97 bits per heavy atom. The Balaban J connectivity index is 1.46. The van der Waals surface area contributed by atoms with Crippen LogP contribution in [0.15, 0.2) is 48.7 Å². The number of piperidine rings is 1. The van der Waals surface area contributed by atoms with E-state index in [0.29, 0.717) is 6.42 Å². The Morgan fingerprint density at radius 1 is 1.14 bits per heavy atom.